The van der Waals surface area contributed by atoms with Gasteiger partial charge in [0.05, 0.1) is 22.8 Å². The standard InChI is InChI=1S/C15H12Cl3NO2/c1-21-11-7-5-10(6-8-11)19(14(20)9-16)15-12(17)3-2-4-13(15)18/h2-8H,9H2,1H3. The van der Waals surface area contributed by atoms with Gasteiger partial charge in [-0.1, -0.05) is 29.3 Å². The van der Waals surface area contributed by atoms with Crippen LogP contribution in [0.15, 0.2) is 42.5 Å². The lowest BCUT2D eigenvalue weighted by atomic mass is 10.2. The molecule has 0 fully saturated rings. The summed E-state index contributed by atoms with van der Waals surface area (Å²) in [4.78, 5) is 13.6. The Labute approximate surface area is 138 Å². The summed E-state index contributed by atoms with van der Waals surface area (Å²) in [6.45, 7) is 0. The molecule has 0 atom stereocenters. The Morgan fingerprint density at radius 1 is 1.10 bits per heavy atom. The van der Waals surface area contributed by atoms with Gasteiger partial charge in [0.25, 0.3) is 0 Å². The van der Waals surface area contributed by atoms with E-state index in [4.69, 9.17) is 39.5 Å². The zero-order valence-corrected chi connectivity index (χ0v) is 13.4. The summed E-state index contributed by atoms with van der Waals surface area (Å²) < 4.78 is 5.11. The SMILES string of the molecule is COc1ccc(N(C(=O)CCl)c2c(Cl)cccc2Cl)cc1. The molecule has 1 amide bonds. The number of nitrogens with zero attached hydrogens (tertiary/aromatic N) is 1. The van der Waals surface area contributed by atoms with E-state index in [9.17, 15) is 4.79 Å². The number of anilines is 2. The number of ether oxygens (including phenoxy) is 1. The average Bonchev–Trinajstić information content (AvgIpc) is 2.50. The summed E-state index contributed by atoms with van der Waals surface area (Å²) in [5.74, 6) is 0.173. The van der Waals surface area contributed by atoms with Crippen LogP contribution >= 0.6 is 34.8 Å². The molecule has 0 aromatic heterocycles. The van der Waals surface area contributed by atoms with Gasteiger partial charge in [0.2, 0.25) is 5.91 Å². The predicted octanol–water partition coefficient (Wildman–Crippen LogP) is 4.91. The number of halogens is 3. The molecule has 0 radical (unpaired) electrons. The number of benzene rings is 2. The minimum atomic E-state index is -0.322. The van der Waals surface area contributed by atoms with Crippen molar-refractivity contribution in [1.82, 2.24) is 0 Å². The number of methoxy groups -OCH3 is 1. The normalized spacial score (nSPS) is 10.3. The number of hydrogen-bond donors (Lipinski definition) is 0. The lowest BCUT2D eigenvalue weighted by molar-refractivity contribution is -0.115. The molecule has 0 unspecified atom stereocenters. The second kappa shape index (κ2) is 7.03. The van der Waals surface area contributed by atoms with Crippen LogP contribution in [0.5, 0.6) is 5.75 Å². The van der Waals surface area contributed by atoms with E-state index in [0.717, 1.165) is 0 Å². The molecule has 0 bridgehead atoms. The minimum Gasteiger partial charge on any atom is -0.497 e. The van der Waals surface area contributed by atoms with E-state index >= 15 is 0 Å². The highest BCUT2D eigenvalue weighted by Crippen LogP contribution is 2.38. The molecule has 0 aliphatic heterocycles. The first-order valence-electron chi connectivity index (χ1n) is 6.05. The molecule has 2 aromatic rings. The van der Waals surface area contributed by atoms with E-state index in [2.05, 4.69) is 0 Å². The van der Waals surface area contributed by atoms with Crippen molar-refractivity contribution in [3.8, 4) is 5.75 Å². The second-order valence-corrected chi connectivity index (χ2v) is 5.21. The maximum atomic E-state index is 12.2. The van der Waals surface area contributed by atoms with Crippen molar-refractivity contribution < 1.29 is 9.53 Å². The van der Waals surface area contributed by atoms with E-state index in [-0.39, 0.29) is 11.8 Å². The quantitative estimate of drug-likeness (QED) is 0.738. The molecule has 2 rings (SSSR count). The molecule has 21 heavy (non-hydrogen) atoms. The summed E-state index contributed by atoms with van der Waals surface area (Å²) in [6, 6.07) is 12.0. The average molecular weight is 345 g/mol. The van der Waals surface area contributed by atoms with Gasteiger partial charge in [-0.05, 0) is 36.4 Å². The summed E-state index contributed by atoms with van der Waals surface area (Å²) in [5.41, 5.74) is 1.02. The predicted molar refractivity (Wildman–Crippen MR) is 87.3 cm³/mol. The van der Waals surface area contributed by atoms with Crippen LogP contribution in [0.2, 0.25) is 10.0 Å². The molecule has 0 N–H and O–H groups in total. The highest BCUT2D eigenvalue weighted by Gasteiger charge is 2.22. The number of carbonyl (C=O) groups excluding carboxylic acids is 1. The van der Waals surface area contributed by atoms with Gasteiger partial charge in [-0.3, -0.25) is 9.69 Å². The van der Waals surface area contributed by atoms with Crippen LogP contribution in [-0.4, -0.2) is 18.9 Å². The molecule has 0 saturated carbocycles. The first kappa shape index (κ1) is 16.0. The van der Waals surface area contributed by atoms with Gasteiger partial charge in [0.1, 0.15) is 11.6 Å². The van der Waals surface area contributed by atoms with Crippen LogP contribution < -0.4 is 9.64 Å². The number of carbonyl (C=O) groups is 1. The van der Waals surface area contributed by atoms with Gasteiger partial charge in [-0.25, -0.2) is 0 Å². The van der Waals surface area contributed by atoms with Crippen molar-refractivity contribution in [2.45, 2.75) is 0 Å². The summed E-state index contributed by atoms with van der Waals surface area (Å²) in [7, 11) is 1.57. The lowest BCUT2D eigenvalue weighted by Gasteiger charge is -2.24. The maximum Gasteiger partial charge on any atom is 0.246 e. The van der Waals surface area contributed by atoms with Gasteiger partial charge < -0.3 is 4.74 Å². The number of hydrogen-bond acceptors (Lipinski definition) is 2. The fourth-order valence-corrected chi connectivity index (χ4v) is 2.58. The van der Waals surface area contributed by atoms with Gasteiger partial charge in [-0.15, -0.1) is 11.6 Å². The third kappa shape index (κ3) is 3.43. The largest absolute Gasteiger partial charge is 0.497 e. The van der Waals surface area contributed by atoms with Crippen molar-refractivity contribution in [2.24, 2.45) is 0 Å². The molecule has 0 spiro atoms. The van der Waals surface area contributed by atoms with Crippen LogP contribution in [0.4, 0.5) is 11.4 Å². The zero-order chi connectivity index (χ0) is 15.4. The molecule has 0 saturated heterocycles. The topological polar surface area (TPSA) is 29.5 Å². The van der Waals surface area contributed by atoms with Gasteiger partial charge in [0.15, 0.2) is 0 Å². The van der Waals surface area contributed by atoms with Crippen molar-refractivity contribution in [1.29, 1.82) is 0 Å². The van der Waals surface area contributed by atoms with Crippen molar-refractivity contribution >= 4 is 52.1 Å². The Bertz CT molecular complexity index is 624. The van der Waals surface area contributed by atoms with Crippen molar-refractivity contribution in [2.75, 3.05) is 17.9 Å². The maximum absolute atomic E-state index is 12.2. The van der Waals surface area contributed by atoms with Crippen molar-refractivity contribution in [3.05, 3.63) is 52.5 Å². The Balaban J connectivity index is 2.55. The van der Waals surface area contributed by atoms with Gasteiger partial charge in [0, 0.05) is 5.69 Å². The number of amides is 1. The fourth-order valence-electron chi connectivity index (χ4n) is 1.89. The Morgan fingerprint density at radius 3 is 2.14 bits per heavy atom. The van der Waals surface area contributed by atoms with Crippen LogP contribution in [-0.2, 0) is 4.79 Å². The third-order valence-electron chi connectivity index (χ3n) is 2.86. The van der Waals surface area contributed by atoms with Crippen molar-refractivity contribution in [3.63, 3.8) is 0 Å². The summed E-state index contributed by atoms with van der Waals surface area (Å²) in [6.07, 6.45) is 0. The number of alkyl halides is 1. The van der Waals surface area contributed by atoms with Crippen LogP contribution in [0.1, 0.15) is 0 Å². The smallest absolute Gasteiger partial charge is 0.246 e. The first-order valence-corrected chi connectivity index (χ1v) is 7.34. The van der Waals surface area contributed by atoms with Crippen LogP contribution in [0.25, 0.3) is 0 Å². The summed E-state index contributed by atoms with van der Waals surface area (Å²) in [5, 5.41) is 0.744. The van der Waals surface area contributed by atoms with E-state index in [1.807, 2.05) is 0 Å². The molecule has 110 valence electrons. The Kier molecular flexibility index (Phi) is 5.34. The van der Waals surface area contributed by atoms with E-state index < -0.39 is 0 Å². The second-order valence-electron chi connectivity index (χ2n) is 4.13. The Morgan fingerprint density at radius 2 is 1.67 bits per heavy atom. The highest BCUT2D eigenvalue weighted by molar-refractivity contribution is 6.41. The minimum absolute atomic E-state index is 0.187. The number of para-hydroxylation sites is 1. The molecule has 0 aliphatic rings. The van der Waals surface area contributed by atoms with E-state index in [0.29, 0.717) is 27.2 Å². The van der Waals surface area contributed by atoms with Gasteiger partial charge in [-0.2, -0.15) is 0 Å². The zero-order valence-electron chi connectivity index (χ0n) is 11.1. The van der Waals surface area contributed by atoms with Crippen LogP contribution in [0.3, 0.4) is 0 Å². The fraction of sp³-hybridized carbons (Fsp3) is 0.133. The molecule has 0 aliphatic carbocycles. The van der Waals surface area contributed by atoms with E-state index in [1.165, 1.54) is 4.90 Å². The lowest BCUT2D eigenvalue weighted by Crippen LogP contribution is -2.27. The van der Waals surface area contributed by atoms with Crippen LogP contribution in [0, 0.1) is 0 Å². The number of rotatable bonds is 4. The van der Waals surface area contributed by atoms with E-state index in [1.54, 1.807) is 49.6 Å². The molecule has 0 heterocycles. The summed E-state index contributed by atoms with van der Waals surface area (Å²) >= 11 is 18.1. The van der Waals surface area contributed by atoms with Gasteiger partial charge >= 0.3 is 0 Å². The Hall–Kier alpha value is -1.42. The molecule has 3 nitrogen and oxygen atoms in total. The molecular formula is C15H12Cl3NO2. The third-order valence-corrected chi connectivity index (χ3v) is 3.69. The molecular weight excluding hydrogens is 333 g/mol. The molecule has 6 heteroatoms. The molecule has 2 aromatic carbocycles. The first-order chi connectivity index (χ1) is 10.1. The highest BCUT2D eigenvalue weighted by atomic mass is 35.5. The monoisotopic (exact) mass is 343 g/mol.